The number of hydrogen-bond donors (Lipinski definition) is 1. The van der Waals surface area contributed by atoms with Crippen LogP contribution in [-0.2, 0) is 4.79 Å². The van der Waals surface area contributed by atoms with Gasteiger partial charge in [-0.15, -0.1) is 0 Å². The van der Waals surface area contributed by atoms with Crippen molar-refractivity contribution in [3.63, 3.8) is 0 Å². The highest BCUT2D eigenvalue weighted by atomic mass is 16.2. The first-order valence-corrected chi connectivity index (χ1v) is 6.44. The summed E-state index contributed by atoms with van der Waals surface area (Å²) in [7, 11) is 0. The van der Waals surface area contributed by atoms with E-state index in [-0.39, 0.29) is 6.04 Å². The van der Waals surface area contributed by atoms with E-state index in [2.05, 4.69) is 24.1 Å². The van der Waals surface area contributed by atoms with E-state index in [9.17, 15) is 4.79 Å². The molecule has 2 aliphatic heterocycles. The lowest BCUT2D eigenvalue weighted by Crippen LogP contribution is -2.56. The van der Waals surface area contributed by atoms with Gasteiger partial charge in [-0.05, 0) is 26.7 Å². The summed E-state index contributed by atoms with van der Waals surface area (Å²) in [5, 5.41) is 3.41. The van der Waals surface area contributed by atoms with Gasteiger partial charge >= 0.3 is 0 Å². The molecule has 0 radical (unpaired) electrons. The number of carbonyl (C=O) groups excluding carboxylic acids is 1. The summed E-state index contributed by atoms with van der Waals surface area (Å²) >= 11 is 0. The highest BCUT2D eigenvalue weighted by Gasteiger charge is 2.29. The molecule has 0 aromatic rings. The Labute approximate surface area is 98.0 Å². The zero-order valence-corrected chi connectivity index (χ0v) is 10.4. The van der Waals surface area contributed by atoms with Crippen molar-refractivity contribution >= 4 is 5.91 Å². The molecule has 2 aliphatic rings. The Kier molecular flexibility index (Phi) is 3.82. The second kappa shape index (κ2) is 5.15. The van der Waals surface area contributed by atoms with Gasteiger partial charge in [-0.25, -0.2) is 0 Å². The fourth-order valence-electron chi connectivity index (χ4n) is 2.67. The smallest absolute Gasteiger partial charge is 0.239 e. The van der Waals surface area contributed by atoms with E-state index in [1.165, 1.54) is 12.8 Å². The Bertz CT molecular complexity index is 251. The zero-order valence-electron chi connectivity index (χ0n) is 10.4. The Morgan fingerprint density at radius 3 is 2.62 bits per heavy atom. The number of carbonyl (C=O) groups is 1. The maximum atomic E-state index is 12.2. The second-order valence-corrected chi connectivity index (χ2v) is 5.06. The topological polar surface area (TPSA) is 35.6 Å². The molecule has 0 saturated carbocycles. The van der Waals surface area contributed by atoms with Crippen LogP contribution in [0.25, 0.3) is 0 Å². The van der Waals surface area contributed by atoms with Crippen LogP contribution in [0, 0.1) is 0 Å². The molecule has 1 N–H and O–H groups in total. The van der Waals surface area contributed by atoms with Crippen molar-refractivity contribution in [3.05, 3.63) is 0 Å². The normalized spacial score (nSPS) is 29.4. The van der Waals surface area contributed by atoms with Gasteiger partial charge in [0.05, 0.1) is 6.04 Å². The molecule has 4 nitrogen and oxygen atoms in total. The first-order chi connectivity index (χ1) is 7.68. The molecule has 1 amide bonds. The zero-order chi connectivity index (χ0) is 11.5. The molecule has 2 atom stereocenters. The molecule has 0 aromatic heterocycles. The van der Waals surface area contributed by atoms with Crippen LogP contribution in [0.1, 0.15) is 26.7 Å². The van der Waals surface area contributed by atoms with Gasteiger partial charge in [-0.2, -0.15) is 0 Å². The predicted octanol–water partition coefficient (Wildman–Crippen LogP) is 0.291. The second-order valence-electron chi connectivity index (χ2n) is 5.06. The van der Waals surface area contributed by atoms with Crippen molar-refractivity contribution in [1.82, 2.24) is 15.1 Å². The molecule has 0 aliphatic carbocycles. The summed E-state index contributed by atoms with van der Waals surface area (Å²) in [6.07, 6.45) is 2.35. The molecule has 16 heavy (non-hydrogen) atoms. The van der Waals surface area contributed by atoms with Crippen LogP contribution < -0.4 is 5.32 Å². The van der Waals surface area contributed by atoms with Crippen LogP contribution in [0.5, 0.6) is 0 Å². The van der Waals surface area contributed by atoms with Crippen molar-refractivity contribution in [2.45, 2.75) is 38.8 Å². The third kappa shape index (κ3) is 2.55. The molecule has 92 valence electrons. The van der Waals surface area contributed by atoms with E-state index in [0.717, 1.165) is 32.7 Å². The van der Waals surface area contributed by atoms with Crippen LogP contribution in [0.2, 0.25) is 0 Å². The number of piperazine rings is 1. The largest absolute Gasteiger partial charge is 0.341 e. The fraction of sp³-hybridized carbons (Fsp3) is 0.917. The minimum Gasteiger partial charge on any atom is -0.341 e. The van der Waals surface area contributed by atoms with Crippen molar-refractivity contribution in [1.29, 1.82) is 0 Å². The first kappa shape index (κ1) is 11.9. The van der Waals surface area contributed by atoms with Crippen LogP contribution in [0.4, 0.5) is 0 Å². The van der Waals surface area contributed by atoms with Gasteiger partial charge in [0.2, 0.25) is 5.91 Å². The summed E-state index contributed by atoms with van der Waals surface area (Å²) in [5.41, 5.74) is 0. The molecular weight excluding hydrogens is 202 g/mol. The lowest BCUT2D eigenvalue weighted by atomic mass is 10.1. The Hall–Kier alpha value is -0.610. The third-order valence-electron chi connectivity index (χ3n) is 3.72. The van der Waals surface area contributed by atoms with E-state index in [0.29, 0.717) is 11.9 Å². The van der Waals surface area contributed by atoms with Crippen molar-refractivity contribution in [2.24, 2.45) is 0 Å². The highest BCUT2D eigenvalue weighted by molar-refractivity contribution is 5.81. The minimum atomic E-state index is 0.0580. The van der Waals surface area contributed by atoms with Crippen molar-refractivity contribution in [2.75, 3.05) is 32.7 Å². The monoisotopic (exact) mass is 225 g/mol. The summed E-state index contributed by atoms with van der Waals surface area (Å²) in [5.74, 6) is 0.326. The quantitative estimate of drug-likeness (QED) is 0.734. The number of rotatable bonds is 2. The van der Waals surface area contributed by atoms with Crippen LogP contribution in [0.15, 0.2) is 0 Å². The maximum Gasteiger partial charge on any atom is 0.239 e. The summed E-state index contributed by atoms with van der Waals surface area (Å²) < 4.78 is 0. The molecule has 2 heterocycles. The predicted molar refractivity (Wildman–Crippen MR) is 64.3 cm³/mol. The molecule has 2 unspecified atom stereocenters. The molecular formula is C12H23N3O. The number of nitrogens with zero attached hydrogens (tertiary/aromatic N) is 2. The van der Waals surface area contributed by atoms with Crippen LogP contribution in [-0.4, -0.2) is 60.5 Å². The number of hydrogen-bond acceptors (Lipinski definition) is 3. The number of likely N-dealkylation sites (tertiary alicyclic amines) is 1. The van der Waals surface area contributed by atoms with Gasteiger partial charge in [-0.3, -0.25) is 9.69 Å². The van der Waals surface area contributed by atoms with Crippen LogP contribution >= 0.6 is 0 Å². The van der Waals surface area contributed by atoms with E-state index < -0.39 is 0 Å². The maximum absolute atomic E-state index is 12.2. The van der Waals surface area contributed by atoms with E-state index in [4.69, 9.17) is 0 Å². The van der Waals surface area contributed by atoms with Gasteiger partial charge in [0.25, 0.3) is 0 Å². The first-order valence-electron chi connectivity index (χ1n) is 6.44. The Morgan fingerprint density at radius 2 is 2.00 bits per heavy atom. The van der Waals surface area contributed by atoms with E-state index in [1.54, 1.807) is 0 Å². The van der Waals surface area contributed by atoms with Gasteiger partial charge < -0.3 is 10.2 Å². The summed E-state index contributed by atoms with van der Waals surface area (Å²) in [6, 6.07) is 0.560. The van der Waals surface area contributed by atoms with E-state index in [1.807, 2.05) is 4.90 Å². The average molecular weight is 225 g/mol. The number of nitrogens with one attached hydrogen (secondary N) is 1. The minimum absolute atomic E-state index is 0.0580. The third-order valence-corrected chi connectivity index (χ3v) is 3.72. The lowest BCUT2D eigenvalue weighted by molar-refractivity contribution is -0.135. The van der Waals surface area contributed by atoms with Gasteiger partial charge in [-0.1, -0.05) is 0 Å². The molecule has 0 aromatic carbocycles. The molecule has 2 fully saturated rings. The van der Waals surface area contributed by atoms with Crippen LogP contribution in [0.3, 0.4) is 0 Å². The van der Waals surface area contributed by atoms with Gasteiger partial charge in [0.1, 0.15) is 0 Å². The Morgan fingerprint density at radius 1 is 1.31 bits per heavy atom. The molecule has 0 bridgehead atoms. The standard InChI is InChI=1S/C12H23N3O/c1-10-9-15(8-5-13-10)11(2)12(16)14-6-3-4-7-14/h10-11,13H,3-9H2,1-2H3. The van der Waals surface area contributed by atoms with Gasteiger partial charge in [0.15, 0.2) is 0 Å². The summed E-state index contributed by atoms with van der Waals surface area (Å²) in [4.78, 5) is 16.5. The molecule has 0 spiro atoms. The SMILES string of the molecule is CC1CN(C(C)C(=O)N2CCCC2)CCN1. The fourth-order valence-corrected chi connectivity index (χ4v) is 2.67. The lowest BCUT2D eigenvalue weighted by Gasteiger charge is -2.36. The Balaban J connectivity index is 1.89. The van der Waals surface area contributed by atoms with Gasteiger partial charge in [0, 0.05) is 38.8 Å². The van der Waals surface area contributed by atoms with E-state index >= 15 is 0 Å². The number of amides is 1. The molecule has 2 saturated heterocycles. The molecule has 4 heteroatoms. The van der Waals surface area contributed by atoms with Crippen molar-refractivity contribution < 1.29 is 4.79 Å². The highest BCUT2D eigenvalue weighted by Crippen LogP contribution is 2.13. The average Bonchev–Trinajstić information content (AvgIpc) is 2.80. The van der Waals surface area contributed by atoms with Crippen molar-refractivity contribution in [3.8, 4) is 0 Å². The molecule has 2 rings (SSSR count). The summed E-state index contributed by atoms with van der Waals surface area (Å²) in [6.45, 7) is 9.14.